The fraction of sp³-hybridized carbons (Fsp3) is 0.364. The van der Waals surface area contributed by atoms with Crippen LogP contribution in [0.3, 0.4) is 0 Å². The first kappa shape index (κ1) is 9.78. The van der Waals surface area contributed by atoms with E-state index in [2.05, 4.69) is 19.9 Å². The lowest BCUT2D eigenvalue weighted by molar-refractivity contribution is 1.03. The van der Waals surface area contributed by atoms with Crippen LogP contribution in [0.15, 0.2) is 18.2 Å². The second-order valence-electron chi connectivity index (χ2n) is 3.06. The summed E-state index contributed by atoms with van der Waals surface area (Å²) >= 11 is 0. The smallest absolute Gasteiger partial charge is 0.123 e. The minimum atomic E-state index is 0.173. The van der Waals surface area contributed by atoms with E-state index in [9.17, 15) is 0 Å². The van der Waals surface area contributed by atoms with Crippen LogP contribution < -0.4 is 5.73 Å². The highest BCUT2D eigenvalue weighted by Gasteiger charge is 2.06. The van der Waals surface area contributed by atoms with Gasteiger partial charge in [-0.2, -0.15) is 0 Å². The molecule has 3 N–H and O–H groups in total. The molecule has 2 heteroatoms. The molecule has 0 amide bonds. The quantitative estimate of drug-likeness (QED) is 0.537. The van der Waals surface area contributed by atoms with Gasteiger partial charge < -0.3 is 5.73 Å². The molecule has 0 aliphatic carbocycles. The minimum Gasteiger partial charge on any atom is -0.384 e. The number of hydrogen-bond acceptors (Lipinski definition) is 1. The molecule has 0 atom stereocenters. The third-order valence-electron chi connectivity index (χ3n) is 2.30. The lowest BCUT2D eigenvalue weighted by atomic mass is 9.97. The van der Waals surface area contributed by atoms with Gasteiger partial charge in [-0.25, -0.2) is 0 Å². The molecule has 0 saturated heterocycles. The minimum absolute atomic E-state index is 0.173. The van der Waals surface area contributed by atoms with Gasteiger partial charge in [0.2, 0.25) is 0 Å². The molecule has 13 heavy (non-hydrogen) atoms. The zero-order chi connectivity index (χ0) is 9.84. The van der Waals surface area contributed by atoms with Gasteiger partial charge >= 0.3 is 0 Å². The Labute approximate surface area is 79.3 Å². The zero-order valence-electron chi connectivity index (χ0n) is 8.22. The SMILES string of the molecule is CCc1cccc(C(=N)N)c1CC. The van der Waals surface area contributed by atoms with Gasteiger partial charge in [-0.3, -0.25) is 5.41 Å². The Kier molecular flexibility index (Phi) is 3.07. The Morgan fingerprint density at radius 1 is 1.31 bits per heavy atom. The standard InChI is InChI=1S/C11H16N2/c1-3-8-6-5-7-10(11(12)13)9(8)4-2/h5-7H,3-4H2,1-2H3,(H3,12,13). The summed E-state index contributed by atoms with van der Waals surface area (Å²) in [4.78, 5) is 0. The molecule has 2 nitrogen and oxygen atoms in total. The predicted octanol–water partition coefficient (Wildman–Crippen LogP) is 2.10. The highest BCUT2D eigenvalue weighted by Crippen LogP contribution is 2.15. The van der Waals surface area contributed by atoms with Crippen molar-refractivity contribution >= 4 is 5.84 Å². The number of amidine groups is 1. The lowest BCUT2D eigenvalue weighted by Gasteiger charge is -2.10. The summed E-state index contributed by atoms with van der Waals surface area (Å²) in [5.74, 6) is 0.173. The maximum absolute atomic E-state index is 7.43. The molecule has 70 valence electrons. The normalized spacial score (nSPS) is 10.0. The van der Waals surface area contributed by atoms with Crippen LogP contribution >= 0.6 is 0 Å². The molecular weight excluding hydrogens is 160 g/mol. The molecule has 0 aliphatic rings. The van der Waals surface area contributed by atoms with E-state index in [0.717, 1.165) is 18.4 Å². The third-order valence-corrected chi connectivity index (χ3v) is 2.30. The molecular formula is C11H16N2. The Hall–Kier alpha value is -1.31. The van der Waals surface area contributed by atoms with E-state index in [1.807, 2.05) is 12.1 Å². The van der Waals surface area contributed by atoms with Gasteiger partial charge in [0.1, 0.15) is 5.84 Å². The van der Waals surface area contributed by atoms with E-state index in [1.165, 1.54) is 11.1 Å². The molecule has 0 aromatic heterocycles. The first-order valence-corrected chi connectivity index (χ1v) is 4.65. The molecule has 0 saturated carbocycles. The highest BCUT2D eigenvalue weighted by molar-refractivity contribution is 5.96. The van der Waals surface area contributed by atoms with Gasteiger partial charge in [-0.05, 0) is 24.0 Å². The first-order chi connectivity index (χ1) is 6.20. The Morgan fingerprint density at radius 3 is 2.46 bits per heavy atom. The Bertz CT molecular complexity index is 316. The zero-order valence-corrected chi connectivity index (χ0v) is 8.22. The topological polar surface area (TPSA) is 49.9 Å². The van der Waals surface area contributed by atoms with Crippen molar-refractivity contribution in [3.05, 3.63) is 34.9 Å². The second kappa shape index (κ2) is 4.08. The van der Waals surface area contributed by atoms with Gasteiger partial charge in [0.15, 0.2) is 0 Å². The van der Waals surface area contributed by atoms with E-state index in [-0.39, 0.29) is 5.84 Å². The van der Waals surface area contributed by atoms with Gasteiger partial charge in [0.05, 0.1) is 0 Å². The van der Waals surface area contributed by atoms with Crippen molar-refractivity contribution in [1.29, 1.82) is 5.41 Å². The van der Waals surface area contributed by atoms with Crippen LogP contribution in [0.1, 0.15) is 30.5 Å². The summed E-state index contributed by atoms with van der Waals surface area (Å²) in [7, 11) is 0. The number of hydrogen-bond donors (Lipinski definition) is 2. The van der Waals surface area contributed by atoms with Crippen molar-refractivity contribution < 1.29 is 0 Å². The molecule has 0 spiro atoms. The molecule has 0 fully saturated rings. The van der Waals surface area contributed by atoms with E-state index >= 15 is 0 Å². The largest absolute Gasteiger partial charge is 0.384 e. The van der Waals surface area contributed by atoms with Crippen LogP contribution in [0.4, 0.5) is 0 Å². The molecule has 0 bridgehead atoms. The van der Waals surface area contributed by atoms with Gasteiger partial charge in [-0.15, -0.1) is 0 Å². The average molecular weight is 176 g/mol. The summed E-state index contributed by atoms with van der Waals surface area (Å²) < 4.78 is 0. The van der Waals surface area contributed by atoms with Crippen molar-refractivity contribution in [3.8, 4) is 0 Å². The summed E-state index contributed by atoms with van der Waals surface area (Å²) in [5.41, 5.74) is 8.91. The van der Waals surface area contributed by atoms with Crippen LogP contribution in [0.25, 0.3) is 0 Å². The van der Waals surface area contributed by atoms with Crippen LogP contribution in [-0.4, -0.2) is 5.84 Å². The van der Waals surface area contributed by atoms with E-state index in [4.69, 9.17) is 11.1 Å². The van der Waals surface area contributed by atoms with Crippen molar-refractivity contribution in [1.82, 2.24) is 0 Å². The summed E-state index contributed by atoms with van der Waals surface area (Å²) in [6.45, 7) is 4.22. The van der Waals surface area contributed by atoms with E-state index in [1.54, 1.807) is 0 Å². The van der Waals surface area contributed by atoms with Gasteiger partial charge in [0.25, 0.3) is 0 Å². The molecule has 1 aromatic carbocycles. The number of nitrogen functional groups attached to an aromatic ring is 1. The number of aryl methyl sites for hydroxylation is 1. The van der Waals surface area contributed by atoms with Crippen molar-refractivity contribution in [3.63, 3.8) is 0 Å². The average Bonchev–Trinajstić information content (AvgIpc) is 2.16. The highest BCUT2D eigenvalue weighted by atomic mass is 14.7. The van der Waals surface area contributed by atoms with E-state index < -0.39 is 0 Å². The summed E-state index contributed by atoms with van der Waals surface area (Å²) in [6, 6.07) is 5.99. The maximum Gasteiger partial charge on any atom is 0.123 e. The molecule has 0 aliphatic heterocycles. The number of rotatable bonds is 3. The fourth-order valence-corrected chi connectivity index (χ4v) is 1.64. The monoisotopic (exact) mass is 176 g/mol. The number of benzene rings is 1. The van der Waals surface area contributed by atoms with Gasteiger partial charge in [0, 0.05) is 5.56 Å². The van der Waals surface area contributed by atoms with Crippen molar-refractivity contribution in [2.24, 2.45) is 5.73 Å². The fourth-order valence-electron chi connectivity index (χ4n) is 1.64. The summed E-state index contributed by atoms with van der Waals surface area (Å²) in [6.07, 6.45) is 1.95. The third kappa shape index (κ3) is 1.89. The van der Waals surface area contributed by atoms with Crippen LogP contribution in [0, 0.1) is 5.41 Å². The number of nitrogens with one attached hydrogen (secondary N) is 1. The lowest BCUT2D eigenvalue weighted by Crippen LogP contribution is -2.14. The number of nitrogens with two attached hydrogens (primary N) is 1. The molecule has 1 aromatic rings. The van der Waals surface area contributed by atoms with Crippen LogP contribution in [0.5, 0.6) is 0 Å². The van der Waals surface area contributed by atoms with E-state index in [0.29, 0.717) is 0 Å². The molecule has 0 radical (unpaired) electrons. The Morgan fingerprint density at radius 2 is 2.00 bits per heavy atom. The maximum atomic E-state index is 7.43. The predicted molar refractivity (Wildman–Crippen MR) is 56.2 cm³/mol. The Balaban J connectivity index is 3.27. The van der Waals surface area contributed by atoms with Gasteiger partial charge in [-0.1, -0.05) is 32.0 Å². The summed E-state index contributed by atoms with van der Waals surface area (Å²) in [5, 5.41) is 7.43. The molecule has 0 unspecified atom stereocenters. The molecule has 1 rings (SSSR count). The van der Waals surface area contributed by atoms with Crippen molar-refractivity contribution in [2.75, 3.05) is 0 Å². The van der Waals surface area contributed by atoms with Crippen LogP contribution in [-0.2, 0) is 12.8 Å². The van der Waals surface area contributed by atoms with Crippen LogP contribution in [0.2, 0.25) is 0 Å². The first-order valence-electron chi connectivity index (χ1n) is 4.65. The molecule has 0 heterocycles. The second-order valence-corrected chi connectivity index (χ2v) is 3.06. The van der Waals surface area contributed by atoms with Crippen molar-refractivity contribution in [2.45, 2.75) is 26.7 Å².